The average Bonchev–Trinajstić information content (AvgIpc) is 2.27. The topological polar surface area (TPSA) is 32.7 Å². The lowest BCUT2D eigenvalue weighted by Crippen LogP contribution is -2.60. The summed E-state index contributed by atoms with van der Waals surface area (Å²) in [6, 6.07) is 4.98. The summed E-state index contributed by atoms with van der Waals surface area (Å²) in [4.78, 5) is 2.10. The van der Waals surface area contributed by atoms with E-state index in [1.807, 2.05) is 13.0 Å². The van der Waals surface area contributed by atoms with Crippen molar-refractivity contribution in [2.75, 3.05) is 20.2 Å². The number of hydrogen-bond acceptors (Lipinski definition) is 3. The molecule has 1 N–H and O–H groups in total. The number of benzene rings is 1. The summed E-state index contributed by atoms with van der Waals surface area (Å²) in [5.41, 5.74) is 0.367. The van der Waals surface area contributed by atoms with Gasteiger partial charge in [-0.05, 0) is 24.1 Å². The maximum Gasteiger partial charge on any atom is 0.165 e. The second-order valence-electron chi connectivity index (χ2n) is 4.69. The van der Waals surface area contributed by atoms with Crippen LogP contribution in [0, 0.1) is 5.82 Å². The lowest BCUT2D eigenvalue weighted by molar-refractivity contribution is -0.103. The van der Waals surface area contributed by atoms with Crippen LogP contribution in [-0.2, 0) is 6.54 Å². The maximum absolute atomic E-state index is 13.4. The normalized spacial score (nSPS) is 18.8. The largest absolute Gasteiger partial charge is 0.494 e. The van der Waals surface area contributed by atoms with Gasteiger partial charge in [0.15, 0.2) is 11.6 Å². The van der Waals surface area contributed by atoms with Gasteiger partial charge in [-0.15, -0.1) is 0 Å². The van der Waals surface area contributed by atoms with E-state index in [9.17, 15) is 9.50 Å². The zero-order chi connectivity index (χ0) is 12.5. The molecule has 4 heteroatoms. The van der Waals surface area contributed by atoms with Crippen molar-refractivity contribution in [2.45, 2.75) is 25.5 Å². The molecule has 0 amide bonds. The van der Waals surface area contributed by atoms with Crippen molar-refractivity contribution in [1.82, 2.24) is 4.90 Å². The summed E-state index contributed by atoms with van der Waals surface area (Å²) < 4.78 is 18.3. The second-order valence-corrected chi connectivity index (χ2v) is 4.69. The van der Waals surface area contributed by atoms with E-state index in [2.05, 4.69) is 4.90 Å². The van der Waals surface area contributed by atoms with Crippen LogP contribution in [0.5, 0.6) is 5.75 Å². The number of β-amino-alcohol motifs (C(OH)–C–C–N with tert-alkyl or cyclic N) is 1. The lowest BCUT2D eigenvalue weighted by Gasteiger charge is -2.46. The highest BCUT2D eigenvalue weighted by Gasteiger charge is 2.38. The Morgan fingerprint density at radius 3 is 2.71 bits per heavy atom. The van der Waals surface area contributed by atoms with E-state index in [-0.39, 0.29) is 11.6 Å². The van der Waals surface area contributed by atoms with Crippen molar-refractivity contribution in [3.63, 3.8) is 0 Å². The van der Waals surface area contributed by atoms with Crippen molar-refractivity contribution in [3.8, 4) is 5.75 Å². The SMILES string of the molecule is CCC1(O)CN(Cc2ccc(OC)c(F)c2)C1. The standard InChI is InChI=1S/C13H18FNO2/c1-3-13(16)8-15(9-13)7-10-4-5-12(17-2)11(14)6-10/h4-6,16H,3,7-9H2,1-2H3. The van der Waals surface area contributed by atoms with Crippen LogP contribution in [0.2, 0.25) is 0 Å². The lowest BCUT2D eigenvalue weighted by atomic mass is 9.91. The summed E-state index contributed by atoms with van der Waals surface area (Å²) in [6.45, 7) is 3.97. The molecule has 1 aromatic carbocycles. The Labute approximate surface area is 101 Å². The minimum absolute atomic E-state index is 0.266. The first kappa shape index (κ1) is 12.3. The molecule has 0 atom stereocenters. The van der Waals surface area contributed by atoms with Gasteiger partial charge in [0.1, 0.15) is 0 Å². The molecule has 1 fully saturated rings. The Balaban J connectivity index is 1.95. The van der Waals surface area contributed by atoms with Crippen LogP contribution in [0.25, 0.3) is 0 Å². The number of hydrogen-bond donors (Lipinski definition) is 1. The smallest absolute Gasteiger partial charge is 0.165 e. The van der Waals surface area contributed by atoms with Gasteiger partial charge in [-0.25, -0.2) is 4.39 Å². The number of rotatable bonds is 4. The minimum Gasteiger partial charge on any atom is -0.494 e. The number of aliphatic hydroxyl groups is 1. The third-order valence-corrected chi connectivity index (χ3v) is 3.32. The molecular formula is C13H18FNO2. The van der Waals surface area contributed by atoms with Crippen LogP contribution in [-0.4, -0.2) is 35.8 Å². The van der Waals surface area contributed by atoms with Crippen molar-refractivity contribution in [1.29, 1.82) is 0 Å². The number of ether oxygens (including phenoxy) is 1. The molecule has 0 radical (unpaired) electrons. The van der Waals surface area contributed by atoms with E-state index in [1.54, 1.807) is 6.07 Å². The monoisotopic (exact) mass is 239 g/mol. The fourth-order valence-electron chi connectivity index (χ4n) is 2.19. The van der Waals surface area contributed by atoms with Crippen molar-refractivity contribution < 1.29 is 14.2 Å². The predicted octanol–water partition coefficient (Wildman–Crippen LogP) is 1.79. The Kier molecular flexibility index (Phi) is 3.35. The molecule has 3 nitrogen and oxygen atoms in total. The van der Waals surface area contributed by atoms with E-state index >= 15 is 0 Å². The third-order valence-electron chi connectivity index (χ3n) is 3.32. The van der Waals surface area contributed by atoms with E-state index in [0.29, 0.717) is 19.6 Å². The minimum atomic E-state index is -0.537. The molecule has 0 saturated carbocycles. The van der Waals surface area contributed by atoms with Crippen LogP contribution in [0.4, 0.5) is 4.39 Å². The fraction of sp³-hybridized carbons (Fsp3) is 0.538. The van der Waals surface area contributed by atoms with E-state index in [1.165, 1.54) is 13.2 Å². The van der Waals surface area contributed by atoms with E-state index < -0.39 is 5.60 Å². The van der Waals surface area contributed by atoms with Gasteiger partial charge in [0.2, 0.25) is 0 Å². The highest BCUT2D eigenvalue weighted by Crippen LogP contribution is 2.26. The van der Waals surface area contributed by atoms with Crippen LogP contribution in [0.3, 0.4) is 0 Å². The summed E-state index contributed by atoms with van der Waals surface area (Å²) in [5, 5.41) is 9.87. The number of likely N-dealkylation sites (tertiary alicyclic amines) is 1. The number of halogens is 1. The van der Waals surface area contributed by atoms with E-state index in [0.717, 1.165) is 12.0 Å². The zero-order valence-electron chi connectivity index (χ0n) is 10.2. The Morgan fingerprint density at radius 2 is 2.18 bits per heavy atom. The van der Waals surface area contributed by atoms with Gasteiger partial charge in [-0.3, -0.25) is 4.90 Å². The maximum atomic E-state index is 13.4. The van der Waals surface area contributed by atoms with Crippen LogP contribution in [0.1, 0.15) is 18.9 Å². The molecule has 1 aromatic rings. The summed E-state index contributed by atoms with van der Waals surface area (Å²) >= 11 is 0. The van der Waals surface area contributed by atoms with Gasteiger partial charge in [-0.2, -0.15) is 0 Å². The molecule has 94 valence electrons. The molecule has 1 aliphatic rings. The van der Waals surface area contributed by atoms with Crippen molar-refractivity contribution in [2.24, 2.45) is 0 Å². The quantitative estimate of drug-likeness (QED) is 0.869. The first-order valence-electron chi connectivity index (χ1n) is 5.83. The molecule has 2 rings (SSSR count). The zero-order valence-corrected chi connectivity index (χ0v) is 10.2. The highest BCUT2D eigenvalue weighted by atomic mass is 19.1. The summed E-state index contributed by atoms with van der Waals surface area (Å²) in [7, 11) is 1.45. The first-order chi connectivity index (χ1) is 8.06. The molecule has 1 aliphatic heterocycles. The first-order valence-corrected chi connectivity index (χ1v) is 5.83. The molecule has 0 unspecified atom stereocenters. The number of nitrogens with zero attached hydrogens (tertiary/aromatic N) is 1. The summed E-state index contributed by atoms with van der Waals surface area (Å²) in [5.74, 6) is -0.0706. The predicted molar refractivity (Wildman–Crippen MR) is 63.5 cm³/mol. The number of methoxy groups -OCH3 is 1. The van der Waals surface area contributed by atoms with Gasteiger partial charge in [-0.1, -0.05) is 13.0 Å². The van der Waals surface area contributed by atoms with Gasteiger partial charge < -0.3 is 9.84 Å². The van der Waals surface area contributed by atoms with Crippen molar-refractivity contribution >= 4 is 0 Å². The molecule has 1 saturated heterocycles. The molecule has 0 spiro atoms. The Hall–Kier alpha value is -1.13. The molecule has 17 heavy (non-hydrogen) atoms. The van der Waals surface area contributed by atoms with E-state index in [4.69, 9.17) is 4.74 Å². The molecule has 1 heterocycles. The van der Waals surface area contributed by atoms with Gasteiger partial charge in [0.25, 0.3) is 0 Å². The van der Waals surface area contributed by atoms with Crippen LogP contribution >= 0.6 is 0 Å². The summed E-state index contributed by atoms with van der Waals surface area (Å²) in [6.07, 6.45) is 0.764. The highest BCUT2D eigenvalue weighted by molar-refractivity contribution is 5.29. The molecule has 0 aliphatic carbocycles. The third kappa shape index (κ3) is 2.58. The molecule has 0 aromatic heterocycles. The molecule has 0 bridgehead atoms. The van der Waals surface area contributed by atoms with Crippen LogP contribution < -0.4 is 4.74 Å². The van der Waals surface area contributed by atoms with Crippen LogP contribution in [0.15, 0.2) is 18.2 Å². The second kappa shape index (κ2) is 4.63. The fourth-order valence-corrected chi connectivity index (χ4v) is 2.19. The van der Waals surface area contributed by atoms with Gasteiger partial charge >= 0.3 is 0 Å². The van der Waals surface area contributed by atoms with Crippen molar-refractivity contribution in [3.05, 3.63) is 29.6 Å². The van der Waals surface area contributed by atoms with Gasteiger partial charge in [0.05, 0.1) is 12.7 Å². The molecular weight excluding hydrogens is 221 g/mol. The Bertz CT molecular complexity index is 402. The van der Waals surface area contributed by atoms with Gasteiger partial charge in [0, 0.05) is 19.6 Å². The average molecular weight is 239 g/mol. The Morgan fingerprint density at radius 1 is 1.47 bits per heavy atom.